The summed E-state index contributed by atoms with van der Waals surface area (Å²) in [5, 5.41) is 33.8. The van der Waals surface area contributed by atoms with Gasteiger partial charge in [-0.2, -0.15) is 4.68 Å². The maximum atomic E-state index is 10.7. The first-order valence-corrected chi connectivity index (χ1v) is 4.10. The van der Waals surface area contributed by atoms with Crippen molar-refractivity contribution in [3.63, 3.8) is 0 Å². The SMILES string of the molecule is O=[N+]([O-])C[C@@H]1C([N+](=O)[O-])=CNc2nnnn21. The van der Waals surface area contributed by atoms with Gasteiger partial charge in [-0.1, -0.05) is 5.10 Å². The Hall–Kier alpha value is -2.59. The van der Waals surface area contributed by atoms with Crippen molar-refractivity contribution in [3.05, 3.63) is 32.1 Å². The average Bonchev–Trinajstić information content (AvgIpc) is 2.64. The van der Waals surface area contributed by atoms with E-state index in [1.165, 1.54) is 0 Å². The highest BCUT2D eigenvalue weighted by atomic mass is 16.6. The standard InChI is InChI=1S/C5H5N7O4/c13-10(14)2-4-3(12(15)16)1-6-5-7-8-9-11(4)5/h1,4H,2H2,(H,6,7,9)/t4-/m1/s1. The van der Waals surface area contributed by atoms with Gasteiger partial charge in [0.25, 0.3) is 5.70 Å². The fraction of sp³-hybridized carbons (Fsp3) is 0.400. The van der Waals surface area contributed by atoms with Crippen molar-refractivity contribution in [1.29, 1.82) is 0 Å². The Labute approximate surface area is 87.0 Å². The zero-order valence-electron chi connectivity index (χ0n) is 7.68. The molecule has 0 saturated heterocycles. The van der Waals surface area contributed by atoms with Gasteiger partial charge < -0.3 is 5.32 Å². The Morgan fingerprint density at radius 2 is 2.25 bits per heavy atom. The molecule has 11 heteroatoms. The number of rotatable bonds is 3. The van der Waals surface area contributed by atoms with E-state index < -0.39 is 22.4 Å². The maximum Gasteiger partial charge on any atom is 0.293 e. The molecule has 0 bridgehead atoms. The van der Waals surface area contributed by atoms with Crippen molar-refractivity contribution < 1.29 is 9.85 Å². The lowest BCUT2D eigenvalue weighted by atomic mass is 10.2. The zero-order valence-corrected chi connectivity index (χ0v) is 7.68. The maximum absolute atomic E-state index is 10.7. The Kier molecular flexibility index (Phi) is 2.19. The number of tetrazole rings is 1. The van der Waals surface area contributed by atoms with Crippen LogP contribution in [0.15, 0.2) is 11.9 Å². The normalized spacial score (nSPS) is 18.2. The molecule has 1 N–H and O–H groups in total. The van der Waals surface area contributed by atoms with E-state index in [-0.39, 0.29) is 11.6 Å². The van der Waals surface area contributed by atoms with Gasteiger partial charge in [0, 0.05) is 4.92 Å². The summed E-state index contributed by atoms with van der Waals surface area (Å²) in [5.74, 6) is 0.137. The molecule has 0 saturated carbocycles. The fourth-order valence-corrected chi connectivity index (χ4v) is 1.35. The lowest BCUT2D eigenvalue weighted by molar-refractivity contribution is -0.498. The number of nitro groups is 2. The average molecular weight is 227 g/mol. The second kappa shape index (κ2) is 3.52. The number of fused-ring (bicyclic) bond motifs is 1. The third-order valence-electron chi connectivity index (χ3n) is 2.01. The van der Waals surface area contributed by atoms with Crippen molar-refractivity contribution in [2.24, 2.45) is 0 Å². The van der Waals surface area contributed by atoms with E-state index in [9.17, 15) is 20.2 Å². The topological polar surface area (TPSA) is 142 Å². The van der Waals surface area contributed by atoms with E-state index in [0.717, 1.165) is 10.9 Å². The molecule has 1 aliphatic rings. The number of nitrogens with zero attached hydrogens (tertiary/aromatic N) is 6. The van der Waals surface area contributed by atoms with Crippen molar-refractivity contribution >= 4 is 5.95 Å². The van der Waals surface area contributed by atoms with E-state index >= 15 is 0 Å². The molecule has 0 aromatic carbocycles. The van der Waals surface area contributed by atoms with Gasteiger partial charge >= 0.3 is 0 Å². The minimum atomic E-state index is -1.10. The molecule has 2 heterocycles. The number of hydrogen-bond donors (Lipinski definition) is 1. The predicted octanol–water partition coefficient (Wildman–Crippen LogP) is -0.966. The van der Waals surface area contributed by atoms with Crippen LogP contribution in [-0.2, 0) is 0 Å². The highest BCUT2D eigenvalue weighted by molar-refractivity contribution is 5.33. The van der Waals surface area contributed by atoms with Crippen LogP contribution in [0, 0.1) is 20.2 Å². The first-order chi connectivity index (χ1) is 7.59. The molecule has 16 heavy (non-hydrogen) atoms. The quantitative estimate of drug-likeness (QED) is 0.513. The molecular weight excluding hydrogens is 222 g/mol. The first kappa shape index (κ1) is 9.95. The lowest BCUT2D eigenvalue weighted by Gasteiger charge is -2.15. The van der Waals surface area contributed by atoms with E-state index in [2.05, 4.69) is 20.8 Å². The second-order valence-electron chi connectivity index (χ2n) is 2.95. The van der Waals surface area contributed by atoms with E-state index in [1.54, 1.807) is 0 Å². The van der Waals surface area contributed by atoms with Crippen molar-refractivity contribution in [3.8, 4) is 0 Å². The first-order valence-electron chi connectivity index (χ1n) is 4.10. The molecule has 0 radical (unpaired) electrons. The Balaban J connectivity index is 2.39. The number of anilines is 1. The molecule has 2 rings (SSSR count). The van der Waals surface area contributed by atoms with Gasteiger partial charge in [-0.3, -0.25) is 20.2 Å². The Morgan fingerprint density at radius 1 is 1.50 bits per heavy atom. The zero-order chi connectivity index (χ0) is 11.7. The van der Waals surface area contributed by atoms with Crippen LogP contribution in [-0.4, -0.2) is 36.6 Å². The van der Waals surface area contributed by atoms with E-state index in [0.29, 0.717) is 0 Å². The highest BCUT2D eigenvalue weighted by Gasteiger charge is 2.37. The van der Waals surface area contributed by atoms with E-state index in [4.69, 9.17) is 0 Å². The summed E-state index contributed by atoms with van der Waals surface area (Å²) in [6.45, 7) is -0.646. The molecule has 84 valence electrons. The van der Waals surface area contributed by atoms with Crippen molar-refractivity contribution in [1.82, 2.24) is 20.2 Å². The summed E-state index contributed by atoms with van der Waals surface area (Å²) in [6, 6.07) is -1.10. The fourth-order valence-electron chi connectivity index (χ4n) is 1.35. The minimum Gasteiger partial charge on any atom is -0.324 e. The Morgan fingerprint density at radius 3 is 2.88 bits per heavy atom. The minimum absolute atomic E-state index is 0.137. The molecule has 1 aliphatic heterocycles. The van der Waals surface area contributed by atoms with Crippen LogP contribution in [0.5, 0.6) is 0 Å². The molecule has 0 unspecified atom stereocenters. The van der Waals surface area contributed by atoms with Crippen molar-refractivity contribution in [2.75, 3.05) is 11.9 Å². The number of aromatic nitrogens is 4. The largest absolute Gasteiger partial charge is 0.324 e. The summed E-state index contributed by atoms with van der Waals surface area (Å²) in [5.41, 5.74) is -0.350. The third kappa shape index (κ3) is 1.53. The van der Waals surface area contributed by atoms with Crippen LogP contribution < -0.4 is 5.32 Å². The molecule has 0 spiro atoms. The molecule has 0 amide bonds. The molecule has 1 atom stereocenters. The van der Waals surface area contributed by atoms with Gasteiger partial charge in [0.15, 0.2) is 0 Å². The van der Waals surface area contributed by atoms with Crippen LogP contribution in [0.1, 0.15) is 6.04 Å². The van der Waals surface area contributed by atoms with Crippen molar-refractivity contribution in [2.45, 2.75) is 6.04 Å². The second-order valence-corrected chi connectivity index (χ2v) is 2.95. The predicted molar refractivity (Wildman–Crippen MR) is 47.4 cm³/mol. The van der Waals surface area contributed by atoms with Gasteiger partial charge in [-0.15, -0.1) is 0 Å². The smallest absolute Gasteiger partial charge is 0.293 e. The monoisotopic (exact) mass is 227 g/mol. The number of nitrogens with one attached hydrogen (secondary N) is 1. The summed E-state index contributed by atoms with van der Waals surface area (Å²) < 4.78 is 1.01. The van der Waals surface area contributed by atoms with Gasteiger partial charge in [-0.25, -0.2) is 0 Å². The van der Waals surface area contributed by atoms with Crippen LogP contribution >= 0.6 is 0 Å². The summed E-state index contributed by atoms with van der Waals surface area (Å²) in [6.07, 6.45) is 1.06. The molecule has 1 aromatic heterocycles. The van der Waals surface area contributed by atoms with Gasteiger partial charge in [-0.05, 0) is 10.4 Å². The van der Waals surface area contributed by atoms with Crippen LogP contribution in [0.25, 0.3) is 0 Å². The van der Waals surface area contributed by atoms with Crippen LogP contribution in [0.4, 0.5) is 5.95 Å². The van der Waals surface area contributed by atoms with Gasteiger partial charge in [0.2, 0.25) is 18.5 Å². The molecule has 0 fully saturated rings. The highest BCUT2D eigenvalue weighted by Crippen LogP contribution is 2.24. The molecule has 0 aliphatic carbocycles. The molecular formula is C5H5N7O4. The number of hydrogen-bond acceptors (Lipinski definition) is 8. The van der Waals surface area contributed by atoms with Crippen LogP contribution in [0.2, 0.25) is 0 Å². The Bertz CT molecular complexity index is 479. The van der Waals surface area contributed by atoms with E-state index in [1.807, 2.05) is 0 Å². The molecule has 1 aromatic rings. The summed E-state index contributed by atoms with van der Waals surface area (Å²) in [4.78, 5) is 19.7. The van der Waals surface area contributed by atoms with Crippen LogP contribution in [0.3, 0.4) is 0 Å². The third-order valence-corrected chi connectivity index (χ3v) is 2.01. The summed E-state index contributed by atoms with van der Waals surface area (Å²) in [7, 11) is 0. The van der Waals surface area contributed by atoms with Gasteiger partial charge in [0.1, 0.15) is 0 Å². The lowest BCUT2D eigenvalue weighted by Crippen LogP contribution is -2.29. The summed E-state index contributed by atoms with van der Waals surface area (Å²) >= 11 is 0. The molecule has 11 nitrogen and oxygen atoms in total. The van der Waals surface area contributed by atoms with Gasteiger partial charge in [0.05, 0.1) is 11.1 Å².